The van der Waals surface area contributed by atoms with Crippen LogP contribution in [0.4, 0.5) is 28.0 Å². The number of anilines is 1. The van der Waals surface area contributed by atoms with Crippen LogP contribution in [0.25, 0.3) is 0 Å². The second kappa shape index (κ2) is 14.2. The Morgan fingerprint density at radius 2 is 1.73 bits per heavy atom. The first-order valence-corrected chi connectivity index (χ1v) is 14.5. The van der Waals surface area contributed by atoms with Gasteiger partial charge in [0.1, 0.15) is 5.82 Å². The number of alkyl halides is 3. The molecule has 2 aliphatic heterocycles. The number of halogens is 4. The summed E-state index contributed by atoms with van der Waals surface area (Å²) < 4.78 is 53.4. The molecular weight excluding hydrogens is 584 g/mol. The third kappa shape index (κ3) is 8.77. The summed E-state index contributed by atoms with van der Waals surface area (Å²) in [4.78, 5) is 58.0. The van der Waals surface area contributed by atoms with E-state index in [-0.39, 0.29) is 54.2 Å². The summed E-state index contributed by atoms with van der Waals surface area (Å²) in [5, 5.41) is 2.90. The van der Waals surface area contributed by atoms with Crippen LogP contribution in [0.3, 0.4) is 0 Å². The molecule has 2 heterocycles. The van der Waals surface area contributed by atoms with Crippen molar-refractivity contribution in [2.45, 2.75) is 51.7 Å². The number of Topliss-reactive ketones (excluding diaryl/α,β-unsaturated/α-hetero) is 1. The van der Waals surface area contributed by atoms with Crippen LogP contribution in [0.5, 0.6) is 0 Å². The number of nitrogens with one attached hydrogen (secondary N) is 1. The summed E-state index contributed by atoms with van der Waals surface area (Å²) in [6.45, 7) is 4.72. The predicted molar refractivity (Wildman–Crippen MR) is 153 cm³/mol. The molecule has 44 heavy (non-hydrogen) atoms. The van der Waals surface area contributed by atoms with Crippen LogP contribution in [0.15, 0.2) is 48.5 Å². The van der Waals surface area contributed by atoms with Crippen molar-refractivity contribution in [2.24, 2.45) is 11.8 Å². The molecule has 3 amide bonds. The first-order valence-electron chi connectivity index (χ1n) is 14.5. The monoisotopic (exact) mass is 620 g/mol. The molecule has 0 radical (unpaired) electrons. The largest absolute Gasteiger partial charge is 0.493 e. The number of benzene rings is 2. The Balaban J connectivity index is 1.56. The Morgan fingerprint density at radius 1 is 1.00 bits per heavy atom. The first-order chi connectivity index (χ1) is 20.8. The lowest BCUT2D eigenvalue weighted by Crippen LogP contribution is -2.58. The third-order valence-electron chi connectivity index (χ3n) is 8.11. The Bertz CT molecular complexity index is 1350. The van der Waals surface area contributed by atoms with Crippen molar-refractivity contribution < 1.29 is 41.6 Å². The highest BCUT2D eigenvalue weighted by atomic mass is 19.4. The van der Waals surface area contributed by atoms with Crippen LogP contribution in [-0.2, 0) is 20.8 Å². The average molecular weight is 621 g/mol. The molecule has 0 aliphatic carbocycles. The predicted octanol–water partition coefficient (Wildman–Crippen LogP) is 5.07. The molecule has 0 aromatic heterocycles. The fourth-order valence-corrected chi connectivity index (χ4v) is 5.96. The number of amides is 3. The smallest absolute Gasteiger partial charge is 0.342 e. The van der Waals surface area contributed by atoms with Crippen LogP contribution in [0, 0.1) is 17.7 Å². The highest BCUT2D eigenvalue weighted by Gasteiger charge is 2.47. The van der Waals surface area contributed by atoms with Gasteiger partial charge in [0, 0.05) is 50.3 Å². The fraction of sp³-hybridized carbons (Fsp3) is 0.484. The number of hydroxylamine groups is 2. The zero-order valence-corrected chi connectivity index (χ0v) is 24.6. The second-order valence-electron chi connectivity index (χ2n) is 11.4. The number of carbonyl (C=O) groups is 4. The molecule has 238 valence electrons. The van der Waals surface area contributed by atoms with Crippen molar-refractivity contribution in [2.75, 3.05) is 38.0 Å². The minimum atomic E-state index is -5.36. The van der Waals surface area contributed by atoms with Gasteiger partial charge < -0.3 is 20.0 Å². The van der Waals surface area contributed by atoms with E-state index in [1.807, 2.05) is 0 Å². The molecule has 1 N–H and O–H groups in total. The lowest BCUT2D eigenvalue weighted by molar-refractivity contribution is -0.237. The Morgan fingerprint density at radius 3 is 2.39 bits per heavy atom. The van der Waals surface area contributed by atoms with E-state index in [0.29, 0.717) is 24.7 Å². The summed E-state index contributed by atoms with van der Waals surface area (Å²) in [7, 11) is 0. The van der Waals surface area contributed by atoms with Gasteiger partial charge in [-0.05, 0) is 74.9 Å². The number of carbonyl (C=O) groups excluding carboxylic acids is 4. The van der Waals surface area contributed by atoms with Crippen LogP contribution in [-0.4, -0.2) is 83.5 Å². The van der Waals surface area contributed by atoms with E-state index in [9.17, 15) is 36.7 Å². The van der Waals surface area contributed by atoms with Gasteiger partial charge in [-0.3, -0.25) is 9.59 Å². The van der Waals surface area contributed by atoms with Crippen molar-refractivity contribution in [1.82, 2.24) is 14.9 Å². The van der Waals surface area contributed by atoms with Crippen molar-refractivity contribution in [3.8, 4) is 0 Å². The molecule has 0 spiro atoms. The Hall–Kier alpha value is -4.00. The minimum Gasteiger partial charge on any atom is -0.342 e. The number of hydrogen-bond acceptors (Lipinski definition) is 6. The summed E-state index contributed by atoms with van der Waals surface area (Å²) in [5.74, 6) is -3.66. The number of ketones is 1. The molecule has 3 atom stereocenters. The van der Waals surface area contributed by atoms with Crippen molar-refractivity contribution in [3.05, 3.63) is 65.5 Å². The topological polar surface area (TPSA) is 99.3 Å². The molecule has 2 aromatic carbocycles. The second-order valence-corrected chi connectivity index (χ2v) is 11.4. The molecule has 4 rings (SSSR count). The molecule has 0 bridgehead atoms. The zero-order valence-electron chi connectivity index (χ0n) is 24.6. The summed E-state index contributed by atoms with van der Waals surface area (Å²) in [6.07, 6.45) is -2.76. The molecule has 2 fully saturated rings. The SMILES string of the molecule is CC(=O)c1cccc(NC(=O)N(OC(=O)C(F)(F)F)[C@@H]2CCN(C(C)=O)C[C@H]2CN2CCC[C@@H](Cc3ccc(F)cc3)C2)c1. The zero-order chi connectivity index (χ0) is 32.0. The molecule has 13 heteroatoms. The van der Waals surface area contributed by atoms with Gasteiger partial charge in [-0.15, -0.1) is 5.06 Å². The maximum atomic E-state index is 13.5. The van der Waals surface area contributed by atoms with Crippen LogP contribution >= 0.6 is 0 Å². The summed E-state index contributed by atoms with van der Waals surface area (Å²) >= 11 is 0. The van der Waals surface area contributed by atoms with Crippen LogP contribution in [0.1, 0.15) is 49.0 Å². The van der Waals surface area contributed by atoms with E-state index in [1.165, 1.54) is 50.2 Å². The van der Waals surface area contributed by atoms with Gasteiger partial charge in [-0.25, -0.2) is 14.0 Å². The fourth-order valence-electron chi connectivity index (χ4n) is 5.96. The number of urea groups is 1. The Labute approximate surface area is 253 Å². The van der Waals surface area contributed by atoms with Crippen molar-refractivity contribution in [1.29, 1.82) is 0 Å². The first kappa shape index (κ1) is 32.9. The van der Waals surface area contributed by atoms with Gasteiger partial charge in [0.2, 0.25) is 5.91 Å². The average Bonchev–Trinajstić information content (AvgIpc) is 2.97. The van der Waals surface area contributed by atoms with Gasteiger partial charge in [0.15, 0.2) is 5.78 Å². The molecule has 2 aromatic rings. The quantitative estimate of drug-likeness (QED) is 0.264. The lowest BCUT2D eigenvalue weighted by atomic mass is 9.88. The van der Waals surface area contributed by atoms with E-state index in [4.69, 9.17) is 4.84 Å². The van der Waals surface area contributed by atoms with Crippen LogP contribution in [0.2, 0.25) is 0 Å². The van der Waals surface area contributed by atoms with E-state index in [1.54, 1.807) is 17.0 Å². The van der Waals surface area contributed by atoms with Gasteiger partial charge in [0.05, 0.1) is 6.04 Å². The van der Waals surface area contributed by atoms with Crippen molar-refractivity contribution >= 4 is 29.4 Å². The normalized spacial score (nSPS) is 21.0. The maximum Gasteiger partial charge on any atom is 0.493 e. The van der Waals surface area contributed by atoms with Gasteiger partial charge in [-0.2, -0.15) is 13.2 Å². The molecule has 0 unspecified atom stereocenters. The number of nitrogens with zero attached hydrogens (tertiary/aromatic N) is 3. The van der Waals surface area contributed by atoms with E-state index in [2.05, 4.69) is 10.2 Å². The van der Waals surface area contributed by atoms with Gasteiger partial charge in [-0.1, -0.05) is 24.3 Å². The number of piperidine rings is 2. The number of likely N-dealkylation sites (tertiary alicyclic amines) is 2. The van der Waals surface area contributed by atoms with Crippen molar-refractivity contribution in [3.63, 3.8) is 0 Å². The highest BCUT2D eigenvalue weighted by molar-refractivity contribution is 5.96. The summed E-state index contributed by atoms with van der Waals surface area (Å²) in [6, 6.07) is 10.1. The summed E-state index contributed by atoms with van der Waals surface area (Å²) in [5.41, 5.74) is 1.40. The minimum absolute atomic E-state index is 0.0726. The standard InChI is InChI=1S/C31H36F4N4O5/c1-20(40)24-6-3-7-27(16-24)36-30(43)39(44-29(42)31(33,34)35)28-12-14-38(21(2)41)19-25(28)18-37-13-4-5-23(17-37)15-22-8-10-26(32)11-9-22/h3,6-11,16,23,25,28H,4-5,12-15,17-19H2,1-2H3,(H,36,43)/t23-,25+,28+/m0/s1. The molecule has 9 nitrogen and oxygen atoms in total. The lowest BCUT2D eigenvalue weighted by Gasteiger charge is -2.44. The maximum absolute atomic E-state index is 13.5. The van der Waals surface area contributed by atoms with E-state index < -0.39 is 30.1 Å². The molecule has 0 saturated carbocycles. The third-order valence-corrected chi connectivity index (χ3v) is 8.11. The molecule has 2 aliphatic rings. The number of hydrogen-bond donors (Lipinski definition) is 1. The van der Waals surface area contributed by atoms with E-state index >= 15 is 0 Å². The van der Waals surface area contributed by atoms with Gasteiger partial charge >= 0.3 is 18.2 Å². The molecular formula is C31H36F4N4O5. The highest BCUT2D eigenvalue weighted by Crippen LogP contribution is 2.29. The Kier molecular flexibility index (Phi) is 10.6. The van der Waals surface area contributed by atoms with Crippen LogP contribution < -0.4 is 5.32 Å². The molecule has 2 saturated heterocycles. The number of rotatable bonds is 7. The van der Waals surface area contributed by atoms with Gasteiger partial charge in [0.25, 0.3) is 0 Å². The van der Waals surface area contributed by atoms with E-state index in [0.717, 1.165) is 24.8 Å².